The topological polar surface area (TPSA) is 130 Å². The van der Waals surface area contributed by atoms with E-state index in [1.165, 1.54) is 10.8 Å². The minimum atomic E-state index is -3.47. The van der Waals surface area contributed by atoms with Crippen LogP contribution < -0.4 is 16.0 Å². The Morgan fingerprint density at radius 1 is 1.52 bits per heavy atom. The molecule has 1 fully saturated rings. The highest BCUT2D eigenvalue weighted by Gasteiger charge is 2.37. The maximum absolute atomic E-state index is 11.8. The van der Waals surface area contributed by atoms with Crippen LogP contribution in [0.5, 0.6) is 0 Å². The summed E-state index contributed by atoms with van der Waals surface area (Å²) in [7, 11) is -3.47. The van der Waals surface area contributed by atoms with E-state index in [1.807, 2.05) is 0 Å². The van der Waals surface area contributed by atoms with Crippen LogP contribution in [0.4, 0.5) is 0 Å². The number of aliphatic hydroxyl groups is 1. The smallest absolute Gasteiger partial charge is 0.330 e. The van der Waals surface area contributed by atoms with Gasteiger partial charge in [0.05, 0.1) is 25.0 Å². The Morgan fingerprint density at radius 2 is 2.19 bits per heavy atom. The van der Waals surface area contributed by atoms with Crippen LogP contribution >= 0.6 is 0 Å². The van der Waals surface area contributed by atoms with Gasteiger partial charge in [-0.05, 0) is 6.92 Å². The van der Waals surface area contributed by atoms with Crippen LogP contribution in [0.1, 0.15) is 18.2 Å². The number of sulfonamides is 1. The van der Waals surface area contributed by atoms with Crippen LogP contribution in [0, 0.1) is 6.92 Å². The molecule has 1 aromatic rings. The molecule has 0 bridgehead atoms. The van der Waals surface area contributed by atoms with Crippen LogP contribution in [-0.2, 0) is 14.8 Å². The van der Waals surface area contributed by atoms with Crippen molar-refractivity contribution in [1.29, 1.82) is 0 Å². The number of ether oxygens (including phenoxy) is 1. The second-order valence-electron chi connectivity index (χ2n) is 5.02. The lowest BCUT2D eigenvalue weighted by atomic mass is 10.1. The molecule has 0 saturated carbocycles. The molecule has 1 aliphatic heterocycles. The quantitative estimate of drug-likeness (QED) is 0.591. The number of aryl methyl sites for hydroxylation is 1. The Bertz CT molecular complexity index is 737. The van der Waals surface area contributed by atoms with E-state index < -0.39 is 39.6 Å². The Morgan fingerprint density at radius 3 is 2.76 bits per heavy atom. The molecule has 10 heteroatoms. The molecule has 118 valence electrons. The van der Waals surface area contributed by atoms with Crippen LogP contribution in [0.2, 0.25) is 0 Å². The molecule has 0 aromatic carbocycles. The van der Waals surface area contributed by atoms with Crippen LogP contribution in [0.3, 0.4) is 0 Å². The molecule has 2 heterocycles. The maximum Gasteiger partial charge on any atom is 0.330 e. The van der Waals surface area contributed by atoms with Gasteiger partial charge in [-0.1, -0.05) is 0 Å². The molecule has 0 aliphatic carbocycles. The lowest BCUT2D eigenvalue weighted by molar-refractivity contribution is -0.0279. The monoisotopic (exact) mass is 319 g/mol. The third-order valence-electron chi connectivity index (χ3n) is 3.24. The minimum absolute atomic E-state index is 0.170. The van der Waals surface area contributed by atoms with Crippen molar-refractivity contribution in [3.8, 4) is 0 Å². The third-order valence-corrected chi connectivity index (χ3v) is 3.97. The molecule has 3 N–H and O–H groups in total. The summed E-state index contributed by atoms with van der Waals surface area (Å²) in [5, 5.41) is 9.26. The zero-order valence-electron chi connectivity index (χ0n) is 11.6. The lowest BCUT2D eigenvalue weighted by Crippen LogP contribution is -2.41. The van der Waals surface area contributed by atoms with Crippen LogP contribution in [-0.4, -0.2) is 48.1 Å². The number of rotatable bonds is 4. The van der Waals surface area contributed by atoms with Crippen molar-refractivity contribution < 1.29 is 18.3 Å². The van der Waals surface area contributed by atoms with Crippen molar-refractivity contribution >= 4 is 10.0 Å². The van der Waals surface area contributed by atoms with E-state index in [9.17, 15) is 23.1 Å². The van der Waals surface area contributed by atoms with Gasteiger partial charge in [0, 0.05) is 18.2 Å². The first-order valence-electron chi connectivity index (χ1n) is 6.27. The third kappa shape index (κ3) is 3.59. The summed E-state index contributed by atoms with van der Waals surface area (Å²) >= 11 is 0. The molecular weight excluding hydrogens is 302 g/mol. The number of nitrogens with one attached hydrogen (secondary N) is 2. The van der Waals surface area contributed by atoms with Gasteiger partial charge in [0.25, 0.3) is 5.56 Å². The van der Waals surface area contributed by atoms with Crippen molar-refractivity contribution in [1.82, 2.24) is 14.3 Å². The molecule has 1 saturated heterocycles. The van der Waals surface area contributed by atoms with Gasteiger partial charge >= 0.3 is 5.69 Å². The normalized spacial score (nSPS) is 26.1. The highest BCUT2D eigenvalue weighted by atomic mass is 32.2. The Balaban J connectivity index is 2.29. The zero-order valence-corrected chi connectivity index (χ0v) is 12.4. The molecule has 1 aliphatic rings. The Hall–Kier alpha value is -1.49. The van der Waals surface area contributed by atoms with E-state index in [-0.39, 0.29) is 13.0 Å². The number of H-pyrrole nitrogens is 1. The van der Waals surface area contributed by atoms with Gasteiger partial charge in [-0.15, -0.1) is 0 Å². The molecule has 21 heavy (non-hydrogen) atoms. The van der Waals surface area contributed by atoms with Gasteiger partial charge in [0.2, 0.25) is 10.0 Å². The fourth-order valence-electron chi connectivity index (χ4n) is 2.27. The largest absolute Gasteiger partial charge is 0.394 e. The number of aliphatic hydroxyl groups excluding tert-OH is 1. The highest BCUT2D eigenvalue weighted by molar-refractivity contribution is 7.88. The molecule has 0 unspecified atom stereocenters. The molecule has 0 amide bonds. The summed E-state index contributed by atoms with van der Waals surface area (Å²) in [5.74, 6) is 0. The van der Waals surface area contributed by atoms with Gasteiger partial charge in [-0.25, -0.2) is 17.9 Å². The Labute approximate surface area is 120 Å². The van der Waals surface area contributed by atoms with Crippen molar-refractivity contribution in [3.63, 3.8) is 0 Å². The first-order chi connectivity index (χ1) is 9.71. The van der Waals surface area contributed by atoms with Crippen molar-refractivity contribution in [2.24, 2.45) is 0 Å². The van der Waals surface area contributed by atoms with E-state index in [1.54, 1.807) is 6.92 Å². The van der Waals surface area contributed by atoms with E-state index in [2.05, 4.69) is 9.71 Å². The molecule has 0 radical (unpaired) electrons. The zero-order chi connectivity index (χ0) is 15.8. The molecule has 3 atom stereocenters. The lowest BCUT2D eigenvalue weighted by Gasteiger charge is -2.16. The Kier molecular flexibility index (Phi) is 4.33. The maximum atomic E-state index is 11.8. The van der Waals surface area contributed by atoms with Crippen molar-refractivity contribution in [2.45, 2.75) is 31.7 Å². The second-order valence-corrected chi connectivity index (χ2v) is 6.80. The molecule has 9 nitrogen and oxygen atoms in total. The SMILES string of the molecule is Cc1cn([C@H]2C[C@@H](NS(C)(=O)=O)[C@H](CO)O2)c(=O)[nH]c1=O. The highest BCUT2D eigenvalue weighted by Crippen LogP contribution is 2.27. The van der Waals surface area contributed by atoms with Crippen molar-refractivity contribution in [3.05, 3.63) is 32.6 Å². The summed E-state index contributed by atoms with van der Waals surface area (Å²) < 4.78 is 31.6. The minimum Gasteiger partial charge on any atom is -0.394 e. The number of nitrogens with zero attached hydrogens (tertiary/aromatic N) is 1. The molecule has 2 rings (SSSR count). The van der Waals surface area contributed by atoms with Crippen LogP contribution in [0.25, 0.3) is 0 Å². The summed E-state index contributed by atoms with van der Waals surface area (Å²) in [6, 6.07) is -0.644. The molecule has 1 aromatic heterocycles. The summed E-state index contributed by atoms with van der Waals surface area (Å²) in [4.78, 5) is 25.3. The summed E-state index contributed by atoms with van der Waals surface area (Å²) in [5.41, 5.74) is -0.802. The molecular formula is C11H17N3O6S. The fourth-order valence-corrected chi connectivity index (χ4v) is 3.07. The van der Waals surface area contributed by atoms with Crippen LogP contribution in [0.15, 0.2) is 15.8 Å². The second kappa shape index (κ2) is 5.72. The van der Waals surface area contributed by atoms with Crippen molar-refractivity contribution in [2.75, 3.05) is 12.9 Å². The van der Waals surface area contributed by atoms with Gasteiger partial charge in [-0.3, -0.25) is 14.3 Å². The first-order valence-corrected chi connectivity index (χ1v) is 8.16. The average molecular weight is 319 g/mol. The standard InChI is InChI=1S/C11H17N3O6S/c1-6-4-14(11(17)12-10(6)16)9-3-7(8(5-15)20-9)13-21(2,18)19/h4,7-9,13,15H,3,5H2,1-2H3,(H,12,16,17)/t7-,8+,9-/m1/s1. The van der Waals surface area contributed by atoms with Gasteiger partial charge in [0.15, 0.2) is 0 Å². The van der Waals surface area contributed by atoms with Gasteiger partial charge < -0.3 is 9.84 Å². The van der Waals surface area contributed by atoms with E-state index in [0.29, 0.717) is 5.56 Å². The molecule has 0 spiro atoms. The average Bonchev–Trinajstić information content (AvgIpc) is 2.74. The van der Waals surface area contributed by atoms with E-state index in [4.69, 9.17) is 4.74 Å². The van der Waals surface area contributed by atoms with E-state index in [0.717, 1.165) is 6.26 Å². The summed E-state index contributed by atoms with van der Waals surface area (Å²) in [6.07, 6.45) is 1.01. The van der Waals surface area contributed by atoms with Gasteiger partial charge in [0.1, 0.15) is 6.23 Å². The fraction of sp³-hybridized carbons (Fsp3) is 0.636. The number of hydrogen-bond donors (Lipinski definition) is 3. The number of aromatic nitrogens is 2. The predicted octanol–water partition coefficient (Wildman–Crippen LogP) is -1.96. The number of aromatic amines is 1. The van der Waals surface area contributed by atoms with Gasteiger partial charge in [-0.2, -0.15) is 0 Å². The predicted molar refractivity (Wildman–Crippen MR) is 73.4 cm³/mol. The number of hydrogen-bond acceptors (Lipinski definition) is 6. The first kappa shape index (κ1) is 15.9. The summed E-state index contributed by atoms with van der Waals surface area (Å²) in [6.45, 7) is 1.15. The van der Waals surface area contributed by atoms with E-state index >= 15 is 0 Å².